The predicted molar refractivity (Wildman–Crippen MR) is 184 cm³/mol. The second-order valence-corrected chi connectivity index (χ2v) is 17.0. The molecule has 1 aromatic carbocycles. The molecule has 0 saturated heterocycles. The van der Waals surface area contributed by atoms with Crippen molar-refractivity contribution in [3.05, 3.63) is 36.0 Å². The third kappa shape index (κ3) is 5.81. The lowest BCUT2D eigenvalue weighted by Crippen LogP contribution is -2.71. The van der Waals surface area contributed by atoms with E-state index in [-0.39, 0.29) is 23.5 Å². The van der Waals surface area contributed by atoms with Crippen LogP contribution in [0.5, 0.6) is 0 Å². The number of para-hydroxylation sites is 1. The highest BCUT2D eigenvalue weighted by molar-refractivity contribution is 5.83. The number of esters is 1. The number of hydrogen-bond acceptors (Lipinski definition) is 4. The Hall–Kier alpha value is -1.85. The summed E-state index contributed by atoms with van der Waals surface area (Å²) in [6.45, 7) is 17.2. The van der Waals surface area contributed by atoms with Gasteiger partial charge in [0.1, 0.15) is 6.10 Å². The summed E-state index contributed by atoms with van der Waals surface area (Å²) in [5, 5.41) is 18.2. The van der Waals surface area contributed by atoms with E-state index in [0.717, 1.165) is 61.8 Å². The highest BCUT2D eigenvalue weighted by Gasteiger charge is 2.67. The molecule has 250 valence electrons. The number of benzene rings is 1. The van der Waals surface area contributed by atoms with E-state index in [4.69, 9.17) is 4.74 Å². The average Bonchev–Trinajstić information content (AvgIpc) is 3.57. The Balaban J connectivity index is 1.24. The molecule has 4 fully saturated rings. The molecule has 4 aliphatic rings. The highest BCUT2D eigenvalue weighted by Crippen LogP contribution is 2.69. The first-order valence-electron chi connectivity index (χ1n) is 18.6. The topological polar surface area (TPSA) is 74.3 Å². The van der Waals surface area contributed by atoms with Crippen LogP contribution in [0.4, 0.5) is 0 Å². The van der Waals surface area contributed by atoms with Gasteiger partial charge in [0.15, 0.2) is 0 Å². The minimum absolute atomic E-state index is 0.00182. The molecular weight excluding hydrogens is 556 g/mol. The lowest BCUT2D eigenvalue weighted by atomic mass is 9.42. The smallest absolute Gasteiger partial charge is 0.302 e. The Kier molecular flexibility index (Phi) is 9.29. The first-order chi connectivity index (χ1) is 21.4. The quantitative estimate of drug-likeness (QED) is 0.233. The SMILES string of the molecule is CC(=O)OC1CC[C@]2(C)[C@H]3CC[C@]4(C)[C@@H]([C@H](C)CC[C@@H](C)C(C)C)CC[C@H]4[C@@H]3CC(NCCc3c[nH]c4ccccc34)C2(O)C1. The monoisotopic (exact) mass is 618 g/mol. The van der Waals surface area contributed by atoms with E-state index in [0.29, 0.717) is 23.7 Å². The van der Waals surface area contributed by atoms with Gasteiger partial charge in [-0.25, -0.2) is 0 Å². The molecule has 5 nitrogen and oxygen atoms in total. The number of nitrogens with one attached hydrogen (secondary N) is 2. The van der Waals surface area contributed by atoms with Crippen LogP contribution in [-0.2, 0) is 16.0 Å². The zero-order valence-electron chi connectivity index (χ0n) is 29.3. The molecule has 0 radical (unpaired) electrons. The summed E-state index contributed by atoms with van der Waals surface area (Å²) in [6.07, 6.45) is 14.2. The van der Waals surface area contributed by atoms with Crippen LogP contribution in [0, 0.1) is 52.3 Å². The standard InChI is InChI=1S/C40H62N2O3/c1-25(2)26(3)12-13-27(4)33-14-15-34-32-22-37(41-21-18-29-24-42-36-11-9-8-10-31(29)36)40(44)23-30(45-28(5)43)16-20-39(40,7)35(32)17-19-38(33,34)6/h8-11,24-27,30,32-35,37,41-42,44H,12-23H2,1-7H3/t26-,27-,30?,32+,33-,34+,35+,37?,38-,39-,40?/m1/s1. The summed E-state index contributed by atoms with van der Waals surface area (Å²) in [7, 11) is 0. The molecule has 3 N–H and O–H groups in total. The molecule has 11 atom stereocenters. The van der Waals surface area contributed by atoms with Crippen molar-refractivity contribution in [1.82, 2.24) is 10.3 Å². The maximum absolute atomic E-state index is 12.9. The Morgan fingerprint density at radius 2 is 1.82 bits per heavy atom. The van der Waals surface area contributed by atoms with Crippen molar-refractivity contribution in [3.63, 3.8) is 0 Å². The van der Waals surface area contributed by atoms with E-state index < -0.39 is 5.60 Å². The van der Waals surface area contributed by atoms with Gasteiger partial charge in [-0.2, -0.15) is 0 Å². The van der Waals surface area contributed by atoms with Gasteiger partial charge in [0.05, 0.1) is 5.60 Å². The summed E-state index contributed by atoms with van der Waals surface area (Å²) in [4.78, 5) is 15.5. The van der Waals surface area contributed by atoms with Crippen molar-refractivity contribution in [2.45, 2.75) is 137 Å². The van der Waals surface area contributed by atoms with Gasteiger partial charge in [0, 0.05) is 41.9 Å². The molecule has 6 rings (SSSR count). The minimum atomic E-state index is -0.890. The fourth-order valence-corrected chi connectivity index (χ4v) is 11.6. The summed E-state index contributed by atoms with van der Waals surface area (Å²) in [6, 6.07) is 8.53. The highest BCUT2D eigenvalue weighted by atomic mass is 16.5. The molecule has 3 unspecified atom stereocenters. The molecular formula is C40H62N2O3. The van der Waals surface area contributed by atoms with E-state index in [1.54, 1.807) is 0 Å². The van der Waals surface area contributed by atoms with Gasteiger partial charge in [-0.1, -0.05) is 72.6 Å². The second kappa shape index (κ2) is 12.6. The second-order valence-electron chi connectivity index (χ2n) is 17.0. The van der Waals surface area contributed by atoms with Crippen LogP contribution in [0.1, 0.15) is 118 Å². The van der Waals surface area contributed by atoms with Crippen molar-refractivity contribution in [1.29, 1.82) is 0 Å². The fourth-order valence-electron chi connectivity index (χ4n) is 11.6. The van der Waals surface area contributed by atoms with E-state index in [9.17, 15) is 9.90 Å². The van der Waals surface area contributed by atoms with E-state index in [1.807, 2.05) is 0 Å². The summed E-state index contributed by atoms with van der Waals surface area (Å²) < 4.78 is 5.80. The summed E-state index contributed by atoms with van der Waals surface area (Å²) >= 11 is 0. The number of ether oxygens (including phenoxy) is 1. The van der Waals surface area contributed by atoms with Crippen LogP contribution in [0.3, 0.4) is 0 Å². The molecule has 0 aliphatic heterocycles. The Morgan fingerprint density at radius 3 is 2.58 bits per heavy atom. The zero-order valence-corrected chi connectivity index (χ0v) is 29.3. The largest absolute Gasteiger partial charge is 0.462 e. The Labute approximate surface area is 273 Å². The number of fused-ring (bicyclic) bond motifs is 6. The lowest BCUT2D eigenvalue weighted by Gasteiger charge is -2.66. The van der Waals surface area contributed by atoms with Gasteiger partial charge in [-0.05, 0) is 116 Å². The maximum atomic E-state index is 12.9. The number of aliphatic hydroxyl groups is 1. The Morgan fingerprint density at radius 1 is 1.04 bits per heavy atom. The van der Waals surface area contributed by atoms with Gasteiger partial charge in [0.25, 0.3) is 0 Å². The molecule has 4 saturated carbocycles. The molecule has 0 amide bonds. The lowest BCUT2D eigenvalue weighted by molar-refractivity contribution is -0.237. The number of hydrogen-bond donors (Lipinski definition) is 3. The minimum Gasteiger partial charge on any atom is -0.462 e. The first-order valence-corrected chi connectivity index (χ1v) is 18.6. The van der Waals surface area contributed by atoms with Gasteiger partial charge in [-0.3, -0.25) is 4.79 Å². The van der Waals surface area contributed by atoms with Crippen LogP contribution < -0.4 is 5.32 Å². The molecule has 2 aromatic rings. The molecule has 5 heteroatoms. The number of aromatic amines is 1. The number of aromatic nitrogens is 1. The van der Waals surface area contributed by atoms with Gasteiger partial charge in [-0.15, -0.1) is 0 Å². The summed E-state index contributed by atoms with van der Waals surface area (Å²) in [5.41, 5.74) is 1.84. The van der Waals surface area contributed by atoms with Crippen molar-refractivity contribution < 1.29 is 14.6 Å². The van der Waals surface area contributed by atoms with Crippen LogP contribution in [0.15, 0.2) is 30.5 Å². The average molecular weight is 619 g/mol. The van der Waals surface area contributed by atoms with Crippen LogP contribution in [0.25, 0.3) is 10.9 Å². The molecule has 1 aromatic heterocycles. The number of H-pyrrole nitrogens is 1. The van der Waals surface area contributed by atoms with Gasteiger partial charge < -0.3 is 20.1 Å². The molecule has 1 heterocycles. The van der Waals surface area contributed by atoms with Crippen LogP contribution in [-0.4, -0.2) is 40.4 Å². The van der Waals surface area contributed by atoms with E-state index in [1.165, 1.54) is 61.9 Å². The number of rotatable bonds is 10. The third-order valence-electron chi connectivity index (χ3n) is 14.6. The zero-order chi connectivity index (χ0) is 32.1. The first kappa shape index (κ1) is 33.1. The predicted octanol–water partition coefficient (Wildman–Crippen LogP) is 8.69. The Bertz CT molecular complexity index is 1340. The molecule has 45 heavy (non-hydrogen) atoms. The fraction of sp³-hybridized carbons (Fsp3) is 0.775. The molecule has 0 spiro atoms. The van der Waals surface area contributed by atoms with Crippen LogP contribution >= 0.6 is 0 Å². The number of carbonyl (C=O) groups excluding carboxylic acids is 1. The third-order valence-corrected chi connectivity index (χ3v) is 14.6. The van der Waals surface area contributed by atoms with Crippen molar-refractivity contribution in [3.8, 4) is 0 Å². The molecule has 4 aliphatic carbocycles. The van der Waals surface area contributed by atoms with Crippen molar-refractivity contribution in [2.24, 2.45) is 52.3 Å². The van der Waals surface area contributed by atoms with E-state index >= 15 is 0 Å². The molecule has 0 bridgehead atoms. The number of carbonyl (C=O) groups is 1. The van der Waals surface area contributed by atoms with Gasteiger partial charge in [0.2, 0.25) is 0 Å². The van der Waals surface area contributed by atoms with E-state index in [2.05, 4.69) is 82.3 Å². The van der Waals surface area contributed by atoms with Crippen molar-refractivity contribution >= 4 is 16.9 Å². The van der Waals surface area contributed by atoms with Crippen LogP contribution in [0.2, 0.25) is 0 Å². The van der Waals surface area contributed by atoms with Gasteiger partial charge >= 0.3 is 5.97 Å². The summed E-state index contributed by atoms with van der Waals surface area (Å²) in [5.74, 6) is 4.81. The maximum Gasteiger partial charge on any atom is 0.302 e. The van der Waals surface area contributed by atoms with Crippen molar-refractivity contribution in [2.75, 3.05) is 6.54 Å². The normalized spacial score (nSPS) is 39.2.